The van der Waals surface area contributed by atoms with Crippen molar-refractivity contribution in [3.05, 3.63) is 102 Å². The lowest BCUT2D eigenvalue weighted by molar-refractivity contribution is -0.148. The third-order valence-corrected chi connectivity index (χ3v) is 5.49. The number of nitrogens with one attached hydrogen (secondary N) is 1. The molecule has 4 rings (SSSR count). The number of ether oxygens (including phenoxy) is 2. The maximum Gasteiger partial charge on any atom is 0.331 e. The van der Waals surface area contributed by atoms with Crippen LogP contribution in [0.3, 0.4) is 0 Å². The zero-order valence-corrected chi connectivity index (χ0v) is 20.3. The molecule has 0 aliphatic rings. The molecule has 0 fully saturated rings. The maximum absolute atomic E-state index is 12.5. The van der Waals surface area contributed by atoms with Crippen molar-refractivity contribution in [3.63, 3.8) is 0 Å². The lowest BCUT2D eigenvalue weighted by Crippen LogP contribution is -2.29. The summed E-state index contributed by atoms with van der Waals surface area (Å²) in [5.41, 5.74) is 3.72. The first kappa shape index (κ1) is 24.9. The molecule has 1 heterocycles. The van der Waals surface area contributed by atoms with Gasteiger partial charge in [0.1, 0.15) is 11.8 Å². The van der Waals surface area contributed by atoms with Gasteiger partial charge in [-0.25, -0.2) is 9.48 Å². The van der Waals surface area contributed by atoms with E-state index in [0.717, 1.165) is 17.0 Å². The summed E-state index contributed by atoms with van der Waals surface area (Å²) in [6.45, 7) is 1.46. The number of anilines is 1. The van der Waals surface area contributed by atoms with Crippen LogP contribution in [0.25, 0.3) is 23.0 Å². The van der Waals surface area contributed by atoms with Crippen molar-refractivity contribution in [1.29, 1.82) is 5.26 Å². The molecule has 0 aliphatic heterocycles. The summed E-state index contributed by atoms with van der Waals surface area (Å²) in [5, 5.41) is 16.5. The zero-order chi connectivity index (χ0) is 26.2. The molecule has 1 amide bonds. The van der Waals surface area contributed by atoms with E-state index < -0.39 is 18.0 Å². The Morgan fingerprint density at radius 3 is 2.43 bits per heavy atom. The molecule has 184 valence electrons. The van der Waals surface area contributed by atoms with Crippen molar-refractivity contribution in [2.75, 3.05) is 12.4 Å². The number of methoxy groups -OCH3 is 1. The van der Waals surface area contributed by atoms with Gasteiger partial charge in [-0.15, -0.1) is 0 Å². The van der Waals surface area contributed by atoms with Crippen LogP contribution in [-0.2, 0) is 14.3 Å². The Hall–Kier alpha value is -5.16. The van der Waals surface area contributed by atoms with Gasteiger partial charge in [0.15, 0.2) is 6.10 Å². The van der Waals surface area contributed by atoms with Crippen molar-refractivity contribution in [1.82, 2.24) is 9.78 Å². The fraction of sp³-hybridized carbons (Fsp3) is 0.103. The van der Waals surface area contributed by atoms with Gasteiger partial charge in [-0.2, -0.15) is 10.4 Å². The van der Waals surface area contributed by atoms with Crippen LogP contribution in [0.4, 0.5) is 5.69 Å². The van der Waals surface area contributed by atoms with E-state index in [-0.39, 0.29) is 0 Å². The highest BCUT2D eigenvalue weighted by Gasteiger charge is 2.18. The number of benzene rings is 3. The summed E-state index contributed by atoms with van der Waals surface area (Å²) >= 11 is 0. The molecule has 0 spiro atoms. The van der Waals surface area contributed by atoms with E-state index in [9.17, 15) is 14.9 Å². The smallest absolute Gasteiger partial charge is 0.331 e. The number of para-hydroxylation sites is 2. The Kier molecular flexibility index (Phi) is 7.76. The van der Waals surface area contributed by atoms with Gasteiger partial charge in [-0.05, 0) is 61.5 Å². The van der Waals surface area contributed by atoms with Crippen LogP contribution in [-0.4, -0.2) is 34.9 Å². The van der Waals surface area contributed by atoms with Crippen molar-refractivity contribution in [2.45, 2.75) is 13.0 Å². The molecular weight excluding hydrogens is 468 g/mol. The summed E-state index contributed by atoms with van der Waals surface area (Å²) in [6, 6.07) is 25.7. The van der Waals surface area contributed by atoms with Crippen LogP contribution < -0.4 is 10.1 Å². The Balaban J connectivity index is 1.52. The second-order valence-electron chi connectivity index (χ2n) is 8.00. The highest BCUT2D eigenvalue weighted by atomic mass is 16.5. The summed E-state index contributed by atoms with van der Waals surface area (Å²) < 4.78 is 12.3. The van der Waals surface area contributed by atoms with Crippen molar-refractivity contribution in [3.8, 4) is 28.8 Å². The number of nitriles is 1. The third kappa shape index (κ3) is 6.10. The summed E-state index contributed by atoms with van der Waals surface area (Å²) in [4.78, 5) is 25.0. The number of hydrogen-bond acceptors (Lipinski definition) is 6. The molecule has 4 aromatic rings. The largest absolute Gasteiger partial charge is 0.497 e. The number of esters is 1. The second-order valence-corrected chi connectivity index (χ2v) is 8.00. The van der Waals surface area contributed by atoms with Gasteiger partial charge in [0.2, 0.25) is 0 Å². The van der Waals surface area contributed by atoms with Crippen LogP contribution in [0.2, 0.25) is 0 Å². The van der Waals surface area contributed by atoms with Gasteiger partial charge in [0, 0.05) is 23.4 Å². The minimum Gasteiger partial charge on any atom is -0.497 e. The van der Waals surface area contributed by atoms with Crippen molar-refractivity contribution >= 4 is 23.6 Å². The average Bonchev–Trinajstić information content (AvgIpc) is 3.37. The number of rotatable bonds is 8. The zero-order valence-electron chi connectivity index (χ0n) is 20.3. The van der Waals surface area contributed by atoms with Gasteiger partial charge < -0.3 is 14.8 Å². The van der Waals surface area contributed by atoms with Crippen LogP contribution in [0, 0.1) is 11.3 Å². The lowest BCUT2D eigenvalue weighted by Gasteiger charge is -2.13. The first-order chi connectivity index (χ1) is 18.0. The molecule has 1 N–H and O–H groups in total. The molecule has 3 aromatic carbocycles. The Morgan fingerprint density at radius 2 is 1.73 bits per heavy atom. The Bertz CT molecular complexity index is 1470. The highest BCUT2D eigenvalue weighted by Crippen LogP contribution is 2.27. The number of carbonyl (C=O) groups is 2. The molecule has 1 atom stereocenters. The van der Waals surface area contributed by atoms with Gasteiger partial charge in [0.25, 0.3) is 5.91 Å². The molecule has 0 saturated heterocycles. The van der Waals surface area contributed by atoms with E-state index in [4.69, 9.17) is 14.6 Å². The van der Waals surface area contributed by atoms with Crippen LogP contribution in [0.15, 0.2) is 91.1 Å². The van der Waals surface area contributed by atoms with Gasteiger partial charge in [-0.3, -0.25) is 4.79 Å². The number of amides is 1. The molecule has 8 heteroatoms. The lowest BCUT2D eigenvalue weighted by atomic mass is 10.1. The number of hydrogen-bond donors (Lipinski definition) is 1. The van der Waals surface area contributed by atoms with E-state index >= 15 is 0 Å². The van der Waals surface area contributed by atoms with E-state index in [0.29, 0.717) is 22.5 Å². The van der Waals surface area contributed by atoms with Gasteiger partial charge in [-0.1, -0.05) is 30.3 Å². The Morgan fingerprint density at radius 1 is 1.03 bits per heavy atom. The van der Waals surface area contributed by atoms with Gasteiger partial charge >= 0.3 is 5.97 Å². The summed E-state index contributed by atoms with van der Waals surface area (Å²) in [6.07, 6.45) is 3.60. The van der Waals surface area contributed by atoms with Crippen molar-refractivity contribution < 1.29 is 19.1 Å². The number of carbonyl (C=O) groups excluding carboxylic acids is 2. The van der Waals surface area contributed by atoms with Crippen LogP contribution in [0.5, 0.6) is 5.75 Å². The topological polar surface area (TPSA) is 106 Å². The normalized spacial score (nSPS) is 11.5. The molecule has 37 heavy (non-hydrogen) atoms. The van der Waals surface area contributed by atoms with E-state index in [1.54, 1.807) is 42.1 Å². The molecule has 1 unspecified atom stereocenters. The fourth-order valence-corrected chi connectivity index (χ4v) is 3.54. The van der Waals surface area contributed by atoms with E-state index in [1.165, 1.54) is 13.0 Å². The maximum atomic E-state index is 12.5. The molecule has 0 aliphatic carbocycles. The standard InChI is InChI=1S/C29H24N4O4/c1-20(29(35)31-26-11-7-6-8-22(26)18-30)37-27(34)17-14-23-19-33(24-9-4-3-5-10-24)32-28(23)21-12-15-25(36-2)16-13-21/h3-17,19-20H,1-2H3,(H,31,35)/b17-14+. The molecule has 0 radical (unpaired) electrons. The molecule has 0 saturated carbocycles. The first-order valence-corrected chi connectivity index (χ1v) is 11.5. The number of nitrogens with zero attached hydrogens (tertiary/aromatic N) is 3. The summed E-state index contributed by atoms with van der Waals surface area (Å²) in [5.74, 6) is -0.513. The highest BCUT2D eigenvalue weighted by molar-refractivity contribution is 5.97. The molecule has 8 nitrogen and oxygen atoms in total. The first-order valence-electron chi connectivity index (χ1n) is 11.5. The molecular formula is C29H24N4O4. The van der Waals surface area contributed by atoms with Crippen LogP contribution in [0.1, 0.15) is 18.1 Å². The summed E-state index contributed by atoms with van der Waals surface area (Å²) in [7, 11) is 1.60. The third-order valence-electron chi connectivity index (χ3n) is 5.49. The number of aromatic nitrogens is 2. The predicted molar refractivity (Wildman–Crippen MR) is 140 cm³/mol. The van der Waals surface area contributed by atoms with E-state index in [2.05, 4.69) is 5.32 Å². The van der Waals surface area contributed by atoms with Crippen LogP contribution >= 0.6 is 0 Å². The SMILES string of the molecule is COc1ccc(-c2nn(-c3ccccc3)cc2/C=C/C(=O)OC(C)C(=O)Nc2ccccc2C#N)cc1. The minimum absolute atomic E-state index is 0.316. The molecule has 0 bridgehead atoms. The Labute approximate surface area is 214 Å². The average molecular weight is 493 g/mol. The van der Waals surface area contributed by atoms with Crippen molar-refractivity contribution in [2.24, 2.45) is 0 Å². The predicted octanol–water partition coefficient (Wildman–Crippen LogP) is 5.00. The monoisotopic (exact) mass is 492 g/mol. The quantitative estimate of drug-likeness (QED) is 0.274. The minimum atomic E-state index is -1.07. The second kappa shape index (κ2) is 11.5. The fourth-order valence-electron chi connectivity index (χ4n) is 3.54. The molecule has 1 aromatic heterocycles. The van der Waals surface area contributed by atoms with Gasteiger partial charge in [0.05, 0.1) is 29.7 Å². The van der Waals surface area contributed by atoms with E-state index in [1.807, 2.05) is 66.9 Å².